The van der Waals surface area contributed by atoms with Crippen molar-refractivity contribution in [2.24, 2.45) is 5.92 Å². The number of benzene rings is 1. The highest BCUT2D eigenvalue weighted by molar-refractivity contribution is 5.94. The van der Waals surface area contributed by atoms with Gasteiger partial charge in [0, 0.05) is 12.1 Å². The van der Waals surface area contributed by atoms with Crippen LogP contribution in [-0.4, -0.2) is 37.9 Å². The van der Waals surface area contributed by atoms with Gasteiger partial charge in [-0.15, -0.1) is 0 Å². The minimum atomic E-state index is -0.917. The molecule has 0 aliphatic carbocycles. The summed E-state index contributed by atoms with van der Waals surface area (Å²) in [4.78, 5) is 16.5. The maximum atomic E-state index is 12.3. The molecule has 1 amide bonds. The summed E-state index contributed by atoms with van der Waals surface area (Å²) >= 11 is 0. The molecule has 1 aromatic heterocycles. The summed E-state index contributed by atoms with van der Waals surface area (Å²) in [6.45, 7) is 9.70. The van der Waals surface area contributed by atoms with E-state index in [0.29, 0.717) is 11.4 Å². The van der Waals surface area contributed by atoms with Crippen LogP contribution in [0.4, 0.5) is 0 Å². The van der Waals surface area contributed by atoms with Crippen molar-refractivity contribution < 1.29 is 9.90 Å². The van der Waals surface area contributed by atoms with Crippen LogP contribution in [0.2, 0.25) is 0 Å². The minimum Gasteiger partial charge on any atom is -0.388 e. The lowest BCUT2D eigenvalue weighted by Gasteiger charge is -2.29. The van der Waals surface area contributed by atoms with Crippen molar-refractivity contribution in [3.8, 4) is 5.69 Å². The molecular weight excluding hydrogens is 304 g/mol. The average Bonchev–Trinajstić information content (AvgIpc) is 2.90. The number of amides is 1. The summed E-state index contributed by atoms with van der Waals surface area (Å²) in [6.07, 6.45) is 0.855. The van der Waals surface area contributed by atoms with Crippen LogP contribution in [-0.2, 0) is 0 Å². The van der Waals surface area contributed by atoms with E-state index in [4.69, 9.17) is 0 Å². The smallest absolute Gasteiger partial charge is 0.251 e. The Morgan fingerprint density at radius 2 is 1.96 bits per heavy atom. The Bertz CT molecular complexity index is 704. The summed E-state index contributed by atoms with van der Waals surface area (Å²) in [7, 11) is 0. The van der Waals surface area contributed by atoms with Crippen LogP contribution in [0.5, 0.6) is 0 Å². The zero-order chi connectivity index (χ0) is 17.9. The highest BCUT2D eigenvalue weighted by Gasteiger charge is 2.27. The van der Waals surface area contributed by atoms with E-state index in [1.54, 1.807) is 23.7 Å². The number of hydrogen-bond donors (Lipinski definition) is 2. The van der Waals surface area contributed by atoms with Gasteiger partial charge in [0.2, 0.25) is 0 Å². The lowest BCUT2D eigenvalue weighted by Crippen LogP contribution is -2.45. The predicted octanol–water partition coefficient (Wildman–Crippen LogP) is 2.41. The fourth-order valence-electron chi connectivity index (χ4n) is 2.49. The predicted molar refractivity (Wildman–Crippen MR) is 93.2 cm³/mol. The molecule has 2 rings (SSSR count). The van der Waals surface area contributed by atoms with Gasteiger partial charge in [0.25, 0.3) is 5.91 Å². The molecule has 0 fully saturated rings. The van der Waals surface area contributed by atoms with Crippen molar-refractivity contribution in [3.05, 3.63) is 41.5 Å². The minimum absolute atomic E-state index is 0.110. The molecule has 1 heterocycles. The van der Waals surface area contributed by atoms with Crippen LogP contribution < -0.4 is 5.32 Å². The Balaban J connectivity index is 2.05. The largest absolute Gasteiger partial charge is 0.388 e. The Labute approximate surface area is 142 Å². The lowest BCUT2D eigenvalue weighted by atomic mass is 9.88. The van der Waals surface area contributed by atoms with Crippen molar-refractivity contribution in [1.82, 2.24) is 20.1 Å². The average molecular weight is 330 g/mol. The fraction of sp³-hybridized carbons (Fsp3) is 0.500. The second-order valence-electron chi connectivity index (χ2n) is 6.51. The van der Waals surface area contributed by atoms with Crippen LogP contribution in [0.25, 0.3) is 5.69 Å². The molecule has 0 radical (unpaired) electrons. The number of carbonyl (C=O) groups excluding carboxylic acids is 1. The second-order valence-corrected chi connectivity index (χ2v) is 6.51. The number of aromatic nitrogens is 3. The van der Waals surface area contributed by atoms with Gasteiger partial charge >= 0.3 is 0 Å². The second kappa shape index (κ2) is 7.13. The zero-order valence-electron chi connectivity index (χ0n) is 15.0. The van der Waals surface area contributed by atoms with E-state index in [9.17, 15) is 9.90 Å². The molecule has 24 heavy (non-hydrogen) atoms. The van der Waals surface area contributed by atoms with Gasteiger partial charge in [0.1, 0.15) is 11.6 Å². The summed E-state index contributed by atoms with van der Waals surface area (Å²) < 4.78 is 1.74. The topological polar surface area (TPSA) is 80.0 Å². The third-order valence-electron chi connectivity index (χ3n) is 4.53. The molecular formula is C18H26N4O2. The summed E-state index contributed by atoms with van der Waals surface area (Å²) in [5.74, 6) is 1.42. The Hall–Kier alpha value is -2.21. The summed E-state index contributed by atoms with van der Waals surface area (Å²) in [6, 6.07) is 7.17. The molecule has 6 nitrogen and oxygen atoms in total. The fourth-order valence-corrected chi connectivity index (χ4v) is 2.49. The van der Waals surface area contributed by atoms with E-state index in [1.807, 2.05) is 39.8 Å². The molecule has 2 N–H and O–H groups in total. The number of aliphatic hydroxyl groups is 1. The van der Waals surface area contributed by atoms with E-state index in [2.05, 4.69) is 15.4 Å². The first-order chi connectivity index (χ1) is 11.2. The highest BCUT2D eigenvalue weighted by atomic mass is 16.3. The van der Waals surface area contributed by atoms with Crippen LogP contribution in [0.15, 0.2) is 24.3 Å². The maximum Gasteiger partial charge on any atom is 0.251 e. The van der Waals surface area contributed by atoms with Crippen molar-refractivity contribution in [1.29, 1.82) is 0 Å². The molecule has 0 spiro atoms. The number of aryl methyl sites for hydroxylation is 2. The monoisotopic (exact) mass is 330 g/mol. The van der Waals surface area contributed by atoms with E-state index in [1.165, 1.54) is 0 Å². The molecule has 0 aliphatic rings. The molecule has 2 unspecified atom stereocenters. The van der Waals surface area contributed by atoms with Crippen molar-refractivity contribution in [2.75, 3.05) is 6.54 Å². The standard InChI is InChI=1S/C18H26N4O2/c1-6-12(2)18(5,24)11-19-17(23)15-7-9-16(10-8-15)22-14(4)20-13(3)21-22/h7-10,12,24H,6,11H2,1-5H3,(H,19,23). The van der Waals surface area contributed by atoms with Crippen LogP contribution in [0, 0.1) is 19.8 Å². The number of hydrogen-bond acceptors (Lipinski definition) is 4. The van der Waals surface area contributed by atoms with Gasteiger partial charge in [-0.1, -0.05) is 20.3 Å². The molecule has 0 saturated heterocycles. The Kier molecular flexibility index (Phi) is 5.39. The molecule has 2 aromatic rings. The van der Waals surface area contributed by atoms with E-state index in [0.717, 1.165) is 17.9 Å². The summed E-state index contributed by atoms with van der Waals surface area (Å²) in [5.41, 5.74) is 0.490. The quantitative estimate of drug-likeness (QED) is 0.852. The lowest BCUT2D eigenvalue weighted by molar-refractivity contribution is 0.00592. The Morgan fingerprint density at radius 1 is 1.33 bits per heavy atom. The molecule has 1 aromatic carbocycles. The van der Waals surface area contributed by atoms with Gasteiger partial charge in [-0.05, 0) is 51.0 Å². The first kappa shape index (κ1) is 18.1. The number of rotatable bonds is 6. The van der Waals surface area contributed by atoms with E-state index < -0.39 is 5.60 Å². The molecule has 130 valence electrons. The zero-order valence-corrected chi connectivity index (χ0v) is 15.0. The molecule has 2 atom stereocenters. The van der Waals surface area contributed by atoms with Gasteiger partial charge < -0.3 is 10.4 Å². The summed E-state index contributed by atoms with van der Waals surface area (Å²) in [5, 5.41) is 17.5. The van der Waals surface area contributed by atoms with Gasteiger partial charge in [-0.3, -0.25) is 4.79 Å². The van der Waals surface area contributed by atoms with Crippen LogP contribution >= 0.6 is 0 Å². The van der Waals surface area contributed by atoms with Gasteiger partial charge in [0.05, 0.1) is 11.3 Å². The van der Waals surface area contributed by atoms with Gasteiger partial charge in [-0.25, -0.2) is 9.67 Å². The Morgan fingerprint density at radius 3 is 2.46 bits per heavy atom. The van der Waals surface area contributed by atoms with Gasteiger partial charge in [-0.2, -0.15) is 5.10 Å². The first-order valence-electron chi connectivity index (χ1n) is 8.26. The van der Waals surface area contributed by atoms with Crippen LogP contribution in [0.3, 0.4) is 0 Å². The number of nitrogens with zero attached hydrogens (tertiary/aromatic N) is 3. The van der Waals surface area contributed by atoms with E-state index >= 15 is 0 Å². The maximum absolute atomic E-state index is 12.3. The molecule has 0 saturated carbocycles. The van der Waals surface area contributed by atoms with E-state index in [-0.39, 0.29) is 18.4 Å². The SMILES string of the molecule is CCC(C)C(C)(O)CNC(=O)c1ccc(-n2nc(C)nc2C)cc1. The third kappa shape index (κ3) is 4.00. The normalized spacial score (nSPS) is 14.9. The van der Waals surface area contributed by atoms with Gasteiger partial charge in [0.15, 0.2) is 0 Å². The number of nitrogens with one attached hydrogen (secondary N) is 1. The van der Waals surface area contributed by atoms with Crippen LogP contribution in [0.1, 0.15) is 49.2 Å². The first-order valence-corrected chi connectivity index (χ1v) is 8.26. The molecule has 6 heteroatoms. The van der Waals surface area contributed by atoms with Crippen molar-refractivity contribution in [2.45, 2.75) is 46.6 Å². The highest BCUT2D eigenvalue weighted by Crippen LogP contribution is 2.19. The number of carbonyl (C=O) groups is 1. The molecule has 0 aliphatic heterocycles. The molecule has 0 bridgehead atoms. The third-order valence-corrected chi connectivity index (χ3v) is 4.53. The van der Waals surface area contributed by atoms with Crippen molar-refractivity contribution in [3.63, 3.8) is 0 Å². The van der Waals surface area contributed by atoms with Crippen molar-refractivity contribution >= 4 is 5.91 Å².